The molecule has 9 heteroatoms. The summed E-state index contributed by atoms with van der Waals surface area (Å²) in [5, 5.41) is 0.276. The summed E-state index contributed by atoms with van der Waals surface area (Å²) in [6.45, 7) is 1.34. The molecule has 2 aromatic carbocycles. The van der Waals surface area contributed by atoms with Gasteiger partial charge in [0.25, 0.3) is 0 Å². The van der Waals surface area contributed by atoms with Crippen LogP contribution in [0.4, 0.5) is 8.78 Å². The largest absolute Gasteiger partial charge is 0.295 e. The highest BCUT2D eigenvalue weighted by Crippen LogP contribution is 2.29. The lowest BCUT2D eigenvalue weighted by Crippen LogP contribution is -2.37. The fourth-order valence-electron chi connectivity index (χ4n) is 3.21. The number of rotatable bonds is 6. The van der Waals surface area contributed by atoms with E-state index in [0.29, 0.717) is 13.1 Å². The second kappa shape index (κ2) is 8.41. The van der Waals surface area contributed by atoms with Crippen LogP contribution >= 0.6 is 23.2 Å². The van der Waals surface area contributed by atoms with Gasteiger partial charge in [0.1, 0.15) is 16.5 Å². The lowest BCUT2D eigenvalue weighted by molar-refractivity contribution is 0.241. The predicted octanol–water partition coefficient (Wildman–Crippen LogP) is 4.39. The number of benzene rings is 2. The van der Waals surface area contributed by atoms with Gasteiger partial charge in [0.15, 0.2) is 0 Å². The molecular formula is C18H18Cl2F2N2O2S. The first-order chi connectivity index (χ1) is 12.8. The van der Waals surface area contributed by atoms with Crippen molar-refractivity contribution in [3.8, 4) is 0 Å². The van der Waals surface area contributed by atoms with E-state index in [2.05, 4.69) is 4.72 Å². The van der Waals surface area contributed by atoms with Crippen molar-refractivity contribution in [3.05, 3.63) is 63.6 Å². The van der Waals surface area contributed by atoms with Crippen LogP contribution in [0.3, 0.4) is 0 Å². The minimum absolute atomic E-state index is 0.0394. The number of hydrogen-bond donors (Lipinski definition) is 1. The van der Waals surface area contributed by atoms with Gasteiger partial charge < -0.3 is 0 Å². The van der Waals surface area contributed by atoms with E-state index in [1.165, 1.54) is 30.3 Å². The molecule has 1 fully saturated rings. The summed E-state index contributed by atoms with van der Waals surface area (Å²) >= 11 is 11.9. The molecule has 0 amide bonds. The van der Waals surface area contributed by atoms with Gasteiger partial charge in [0, 0.05) is 23.2 Å². The number of nitrogens with zero attached hydrogens (tertiary/aromatic N) is 1. The molecule has 1 heterocycles. The quantitative estimate of drug-likeness (QED) is 0.733. The zero-order chi connectivity index (χ0) is 19.6. The molecule has 0 bridgehead atoms. The lowest BCUT2D eigenvalue weighted by atomic mass is 10.0. The maximum atomic E-state index is 14.3. The maximum Gasteiger partial charge on any atom is 0.242 e. The third-order valence-electron chi connectivity index (χ3n) is 4.55. The summed E-state index contributed by atoms with van der Waals surface area (Å²) in [6.07, 6.45) is 1.87. The van der Waals surface area contributed by atoms with Crippen LogP contribution in [0.25, 0.3) is 0 Å². The monoisotopic (exact) mass is 434 g/mol. The van der Waals surface area contributed by atoms with Gasteiger partial charge in [-0.1, -0.05) is 29.3 Å². The van der Waals surface area contributed by atoms with Gasteiger partial charge in [-0.15, -0.1) is 0 Å². The Labute approximate surface area is 167 Å². The van der Waals surface area contributed by atoms with E-state index >= 15 is 0 Å². The van der Waals surface area contributed by atoms with Crippen LogP contribution in [-0.2, 0) is 10.0 Å². The highest BCUT2D eigenvalue weighted by Gasteiger charge is 2.28. The number of hydrogen-bond acceptors (Lipinski definition) is 3. The zero-order valence-corrected chi connectivity index (χ0v) is 16.6. The van der Waals surface area contributed by atoms with Gasteiger partial charge in [-0.3, -0.25) is 4.90 Å². The molecule has 1 atom stereocenters. The Balaban J connectivity index is 1.87. The highest BCUT2D eigenvalue weighted by atomic mass is 35.5. The maximum absolute atomic E-state index is 14.3. The van der Waals surface area contributed by atoms with E-state index in [1.54, 1.807) is 0 Å². The number of nitrogens with one attached hydrogen (secondary N) is 1. The van der Waals surface area contributed by atoms with Crippen molar-refractivity contribution in [1.82, 2.24) is 9.62 Å². The summed E-state index contributed by atoms with van der Waals surface area (Å²) < 4.78 is 55.4. The summed E-state index contributed by atoms with van der Waals surface area (Å²) in [5.74, 6) is -1.38. The molecule has 0 aliphatic carbocycles. The third kappa shape index (κ3) is 4.78. The first kappa shape index (κ1) is 20.5. The van der Waals surface area contributed by atoms with Crippen molar-refractivity contribution < 1.29 is 17.2 Å². The van der Waals surface area contributed by atoms with Crippen LogP contribution in [0, 0.1) is 11.6 Å². The number of halogens is 4. The number of sulfonamides is 1. The molecule has 1 unspecified atom stereocenters. The topological polar surface area (TPSA) is 49.4 Å². The Morgan fingerprint density at radius 2 is 1.78 bits per heavy atom. The Bertz CT molecular complexity index is 935. The molecule has 146 valence electrons. The lowest BCUT2D eigenvalue weighted by Gasteiger charge is -2.28. The summed E-state index contributed by atoms with van der Waals surface area (Å²) in [7, 11) is -3.96. The molecule has 0 aromatic heterocycles. The number of likely N-dealkylation sites (tertiary alicyclic amines) is 1. The fraction of sp³-hybridized carbons (Fsp3) is 0.333. The van der Waals surface area contributed by atoms with E-state index in [0.717, 1.165) is 18.9 Å². The molecule has 1 aliphatic rings. The average Bonchev–Trinajstić information content (AvgIpc) is 3.13. The van der Waals surface area contributed by atoms with Gasteiger partial charge >= 0.3 is 0 Å². The van der Waals surface area contributed by atoms with Crippen molar-refractivity contribution in [2.75, 3.05) is 19.6 Å². The summed E-state index contributed by atoms with van der Waals surface area (Å²) in [5.41, 5.74) is 0.248. The van der Waals surface area contributed by atoms with Crippen LogP contribution in [0.15, 0.2) is 41.3 Å². The van der Waals surface area contributed by atoms with Gasteiger partial charge in [-0.2, -0.15) is 0 Å². The Hall–Kier alpha value is -1.25. The second-order valence-corrected chi connectivity index (χ2v) is 8.93. The standard InChI is InChI=1S/C18H18Cl2F2N2O2S/c19-12-3-6-15(20)18(9-12)27(25,26)23-11-17(24-7-1-2-8-24)14-5-4-13(21)10-16(14)22/h3-6,9-10,17,23H,1-2,7-8,11H2. The molecule has 1 aliphatic heterocycles. The molecule has 1 N–H and O–H groups in total. The normalized spacial score (nSPS) is 16.6. The SMILES string of the molecule is O=S(=O)(NCC(c1ccc(F)cc1F)N1CCCC1)c1cc(Cl)ccc1Cl. The highest BCUT2D eigenvalue weighted by molar-refractivity contribution is 7.89. The summed E-state index contributed by atoms with van der Waals surface area (Å²) in [6, 6.07) is 6.93. The molecule has 3 rings (SSSR count). The van der Waals surface area contributed by atoms with Crippen LogP contribution in [-0.4, -0.2) is 33.0 Å². The van der Waals surface area contributed by atoms with Crippen molar-refractivity contribution in [2.24, 2.45) is 0 Å². The smallest absolute Gasteiger partial charge is 0.242 e. The molecule has 27 heavy (non-hydrogen) atoms. The third-order valence-corrected chi connectivity index (χ3v) is 6.69. The van der Waals surface area contributed by atoms with Gasteiger partial charge in [0.05, 0.1) is 11.1 Å². The van der Waals surface area contributed by atoms with Crippen molar-refractivity contribution in [1.29, 1.82) is 0 Å². The summed E-state index contributed by atoms with van der Waals surface area (Å²) in [4.78, 5) is 1.84. The molecule has 0 saturated carbocycles. The second-order valence-electron chi connectivity index (χ2n) is 6.35. The first-order valence-electron chi connectivity index (χ1n) is 8.41. The molecule has 1 saturated heterocycles. The molecule has 4 nitrogen and oxygen atoms in total. The zero-order valence-electron chi connectivity index (χ0n) is 14.3. The van der Waals surface area contributed by atoms with Gasteiger partial charge in [-0.05, 0) is 50.2 Å². The van der Waals surface area contributed by atoms with Crippen molar-refractivity contribution in [2.45, 2.75) is 23.8 Å². The molecular weight excluding hydrogens is 417 g/mol. The van der Waals surface area contributed by atoms with E-state index in [-0.39, 0.29) is 27.0 Å². The fourth-order valence-corrected chi connectivity index (χ4v) is 5.01. The van der Waals surface area contributed by atoms with Crippen LogP contribution in [0.5, 0.6) is 0 Å². The Morgan fingerprint density at radius 1 is 1.07 bits per heavy atom. The molecule has 2 aromatic rings. The predicted molar refractivity (Wildman–Crippen MR) is 102 cm³/mol. The van der Waals surface area contributed by atoms with Crippen LogP contribution < -0.4 is 4.72 Å². The van der Waals surface area contributed by atoms with E-state index in [4.69, 9.17) is 23.2 Å². The van der Waals surface area contributed by atoms with Crippen LogP contribution in [0.1, 0.15) is 24.4 Å². The van der Waals surface area contributed by atoms with Crippen LogP contribution in [0.2, 0.25) is 10.0 Å². The average molecular weight is 435 g/mol. The molecule has 0 radical (unpaired) electrons. The van der Waals surface area contributed by atoms with E-state index < -0.39 is 27.7 Å². The van der Waals surface area contributed by atoms with Gasteiger partial charge in [0.2, 0.25) is 10.0 Å². The van der Waals surface area contributed by atoms with Crippen molar-refractivity contribution >= 4 is 33.2 Å². The van der Waals surface area contributed by atoms with Crippen molar-refractivity contribution in [3.63, 3.8) is 0 Å². The van der Waals surface area contributed by atoms with E-state index in [9.17, 15) is 17.2 Å². The molecule has 0 spiro atoms. The minimum Gasteiger partial charge on any atom is -0.295 e. The Morgan fingerprint density at radius 3 is 2.44 bits per heavy atom. The van der Waals surface area contributed by atoms with Gasteiger partial charge in [-0.25, -0.2) is 21.9 Å². The minimum atomic E-state index is -3.96. The first-order valence-corrected chi connectivity index (χ1v) is 10.7. The Kier molecular flexibility index (Phi) is 6.38. The van der Waals surface area contributed by atoms with E-state index in [1.807, 2.05) is 4.90 Å².